The van der Waals surface area contributed by atoms with E-state index < -0.39 is 0 Å². The molecular formula is C20H27NO. The van der Waals surface area contributed by atoms with Gasteiger partial charge < -0.3 is 0 Å². The normalized spacial score (nSPS) is 34.9. The van der Waals surface area contributed by atoms with Gasteiger partial charge in [0, 0.05) is 17.5 Å². The van der Waals surface area contributed by atoms with Crippen LogP contribution in [-0.2, 0) is 0 Å². The van der Waals surface area contributed by atoms with Crippen LogP contribution >= 0.6 is 0 Å². The third-order valence-electron chi connectivity index (χ3n) is 6.43. The standard InChI is InChI=1S/C20H27NO/c22-19(16-9-3-1-4-10-16)15-20(21-13-7-2-8-14-21)17-11-5-6-12-18(17)20/h1,3-4,9-10,17-18H,2,5-8,11-15H2/t17-,18+,20?. The van der Waals surface area contributed by atoms with E-state index in [-0.39, 0.29) is 5.54 Å². The Morgan fingerprint density at radius 1 is 0.955 bits per heavy atom. The second-order valence-corrected chi connectivity index (χ2v) is 7.50. The minimum Gasteiger partial charge on any atom is -0.297 e. The smallest absolute Gasteiger partial charge is 0.164 e. The van der Waals surface area contributed by atoms with Crippen LogP contribution in [0.15, 0.2) is 30.3 Å². The highest BCUT2D eigenvalue weighted by molar-refractivity contribution is 5.97. The lowest BCUT2D eigenvalue weighted by Crippen LogP contribution is -2.45. The molecule has 1 aliphatic heterocycles. The molecule has 118 valence electrons. The summed E-state index contributed by atoms with van der Waals surface area (Å²) in [5.41, 5.74) is 1.13. The van der Waals surface area contributed by atoms with Crippen molar-refractivity contribution in [3.63, 3.8) is 0 Å². The van der Waals surface area contributed by atoms with Crippen molar-refractivity contribution < 1.29 is 4.79 Å². The summed E-state index contributed by atoms with van der Waals surface area (Å²) < 4.78 is 0. The number of piperidine rings is 1. The molecule has 1 aromatic rings. The van der Waals surface area contributed by atoms with Gasteiger partial charge in [0.1, 0.15) is 0 Å². The molecule has 2 saturated carbocycles. The molecule has 3 fully saturated rings. The summed E-state index contributed by atoms with van der Waals surface area (Å²) in [6, 6.07) is 9.94. The molecule has 1 saturated heterocycles. The molecule has 0 N–H and O–H groups in total. The monoisotopic (exact) mass is 297 g/mol. The van der Waals surface area contributed by atoms with Gasteiger partial charge >= 0.3 is 0 Å². The zero-order valence-corrected chi connectivity index (χ0v) is 13.5. The molecule has 1 aromatic carbocycles. The minimum absolute atomic E-state index is 0.226. The molecule has 2 aliphatic carbocycles. The van der Waals surface area contributed by atoms with Crippen LogP contribution in [0.5, 0.6) is 0 Å². The van der Waals surface area contributed by atoms with E-state index in [4.69, 9.17) is 0 Å². The Morgan fingerprint density at radius 3 is 2.23 bits per heavy atom. The van der Waals surface area contributed by atoms with E-state index in [1.807, 2.05) is 30.3 Å². The van der Waals surface area contributed by atoms with Crippen molar-refractivity contribution in [3.05, 3.63) is 35.9 Å². The molecular weight excluding hydrogens is 270 g/mol. The molecule has 0 spiro atoms. The zero-order valence-electron chi connectivity index (χ0n) is 13.5. The molecule has 4 rings (SSSR count). The number of hydrogen-bond acceptors (Lipinski definition) is 2. The number of carbonyl (C=O) groups excluding carboxylic acids is 1. The van der Waals surface area contributed by atoms with Crippen molar-refractivity contribution in [2.45, 2.75) is 56.9 Å². The van der Waals surface area contributed by atoms with Gasteiger partial charge in [-0.2, -0.15) is 0 Å². The van der Waals surface area contributed by atoms with Gasteiger partial charge in [0.25, 0.3) is 0 Å². The van der Waals surface area contributed by atoms with Crippen molar-refractivity contribution in [2.75, 3.05) is 13.1 Å². The second kappa shape index (κ2) is 5.81. The van der Waals surface area contributed by atoms with E-state index in [1.165, 1.54) is 58.0 Å². The number of nitrogens with zero attached hydrogens (tertiary/aromatic N) is 1. The van der Waals surface area contributed by atoms with Crippen molar-refractivity contribution in [2.24, 2.45) is 11.8 Å². The topological polar surface area (TPSA) is 20.3 Å². The summed E-state index contributed by atoms with van der Waals surface area (Å²) in [6.07, 6.45) is 10.2. The summed E-state index contributed by atoms with van der Waals surface area (Å²) in [4.78, 5) is 15.6. The molecule has 3 aliphatic rings. The maximum absolute atomic E-state index is 12.9. The van der Waals surface area contributed by atoms with Gasteiger partial charge in [0.05, 0.1) is 0 Å². The quantitative estimate of drug-likeness (QED) is 0.772. The summed E-state index contributed by atoms with van der Waals surface area (Å²) in [5, 5.41) is 0. The first-order valence-corrected chi connectivity index (χ1v) is 9.16. The van der Waals surface area contributed by atoms with E-state index in [0.29, 0.717) is 5.78 Å². The summed E-state index contributed by atoms with van der Waals surface area (Å²) in [5.74, 6) is 1.96. The maximum Gasteiger partial charge on any atom is 0.164 e. The van der Waals surface area contributed by atoms with Crippen LogP contribution < -0.4 is 0 Å². The first-order chi connectivity index (χ1) is 10.8. The number of hydrogen-bond donors (Lipinski definition) is 0. The van der Waals surface area contributed by atoms with E-state index in [1.54, 1.807) is 0 Å². The third kappa shape index (κ3) is 2.32. The number of rotatable bonds is 4. The summed E-state index contributed by atoms with van der Waals surface area (Å²) in [6.45, 7) is 2.43. The molecule has 2 heteroatoms. The van der Waals surface area contributed by atoms with Gasteiger partial charge in [-0.15, -0.1) is 0 Å². The van der Waals surface area contributed by atoms with Crippen molar-refractivity contribution in [1.29, 1.82) is 0 Å². The fourth-order valence-electron chi connectivity index (χ4n) is 5.35. The van der Waals surface area contributed by atoms with Crippen LogP contribution in [0.2, 0.25) is 0 Å². The molecule has 0 radical (unpaired) electrons. The number of Topliss-reactive ketones (excluding diaryl/α,β-unsaturated/α-hetero) is 1. The Bertz CT molecular complexity index is 520. The largest absolute Gasteiger partial charge is 0.297 e. The van der Waals surface area contributed by atoms with Crippen LogP contribution in [0, 0.1) is 11.8 Å². The van der Waals surface area contributed by atoms with Crippen molar-refractivity contribution in [3.8, 4) is 0 Å². The lowest BCUT2D eigenvalue weighted by molar-refractivity contribution is 0.0809. The van der Waals surface area contributed by atoms with Crippen molar-refractivity contribution >= 4 is 5.78 Å². The van der Waals surface area contributed by atoms with Crippen LogP contribution in [-0.4, -0.2) is 29.3 Å². The lowest BCUT2D eigenvalue weighted by atomic mass is 9.95. The number of fused-ring (bicyclic) bond motifs is 1. The SMILES string of the molecule is O=C(CC1(N2CCCCC2)[C@@H]2CCCC[C@@H]21)c1ccccc1. The Labute approximate surface area is 133 Å². The van der Waals surface area contributed by atoms with Gasteiger partial charge in [-0.05, 0) is 50.6 Å². The summed E-state index contributed by atoms with van der Waals surface area (Å²) in [7, 11) is 0. The van der Waals surface area contributed by atoms with Gasteiger partial charge in [-0.1, -0.05) is 49.6 Å². The lowest BCUT2D eigenvalue weighted by Gasteiger charge is -2.36. The average Bonchev–Trinajstić information content (AvgIpc) is 3.25. The second-order valence-electron chi connectivity index (χ2n) is 7.50. The number of benzene rings is 1. The Balaban J connectivity index is 1.57. The van der Waals surface area contributed by atoms with E-state index in [0.717, 1.165) is 23.8 Å². The van der Waals surface area contributed by atoms with Gasteiger partial charge in [-0.3, -0.25) is 9.69 Å². The average molecular weight is 297 g/mol. The first-order valence-electron chi connectivity index (χ1n) is 9.16. The Hall–Kier alpha value is -1.15. The Morgan fingerprint density at radius 2 is 1.59 bits per heavy atom. The van der Waals surface area contributed by atoms with E-state index >= 15 is 0 Å². The Kier molecular flexibility index (Phi) is 3.81. The van der Waals surface area contributed by atoms with Crippen molar-refractivity contribution in [1.82, 2.24) is 4.90 Å². The fourth-order valence-corrected chi connectivity index (χ4v) is 5.35. The first kappa shape index (κ1) is 14.4. The van der Waals surface area contributed by atoms with Gasteiger partial charge in [0.15, 0.2) is 5.78 Å². The predicted molar refractivity (Wildman–Crippen MR) is 89.0 cm³/mol. The molecule has 1 heterocycles. The fraction of sp³-hybridized carbons (Fsp3) is 0.650. The van der Waals surface area contributed by atoms with Crippen LogP contribution in [0.25, 0.3) is 0 Å². The van der Waals surface area contributed by atoms with Crippen LogP contribution in [0.4, 0.5) is 0 Å². The number of likely N-dealkylation sites (tertiary alicyclic amines) is 1. The third-order valence-corrected chi connectivity index (χ3v) is 6.43. The molecule has 0 amide bonds. The van der Waals surface area contributed by atoms with E-state index in [2.05, 4.69) is 4.90 Å². The molecule has 0 bridgehead atoms. The van der Waals surface area contributed by atoms with Crippen LogP contribution in [0.3, 0.4) is 0 Å². The highest BCUT2D eigenvalue weighted by atomic mass is 16.1. The number of ketones is 1. The highest BCUT2D eigenvalue weighted by Crippen LogP contribution is 2.64. The molecule has 2 nitrogen and oxygen atoms in total. The van der Waals surface area contributed by atoms with Gasteiger partial charge in [0.2, 0.25) is 0 Å². The minimum atomic E-state index is 0.226. The van der Waals surface area contributed by atoms with Gasteiger partial charge in [-0.25, -0.2) is 0 Å². The number of carbonyl (C=O) groups is 1. The zero-order chi connectivity index (χ0) is 15.0. The highest BCUT2D eigenvalue weighted by Gasteiger charge is 2.67. The molecule has 22 heavy (non-hydrogen) atoms. The molecule has 1 unspecified atom stereocenters. The predicted octanol–water partition coefficient (Wildman–Crippen LogP) is 4.30. The summed E-state index contributed by atoms with van der Waals surface area (Å²) >= 11 is 0. The maximum atomic E-state index is 12.9. The molecule has 3 atom stereocenters. The van der Waals surface area contributed by atoms with Crippen LogP contribution in [0.1, 0.15) is 61.7 Å². The molecule has 0 aromatic heterocycles. The van der Waals surface area contributed by atoms with E-state index in [9.17, 15) is 4.79 Å².